The Hall–Kier alpha value is -2.23. The summed E-state index contributed by atoms with van der Waals surface area (Å²) in [5.74, 6) is -3.33. The number of alkyl halides is 2. The Balaban J connectivity index is 5.92. The fourth-order valence-electron chi connectivity index (χ4n) is 3.24. The first kappa shape index (κ1) is 29.8. The van der Waals surface area contributed by atoms with Gasteiger partial charge in [0.2, 0.25) is 0 Å². The van der Waals surface area contributed by atoms with Crippen molar-refractivity contribution < 1.29 is 8.78 Å². The molecule has 0 aliphatic carbocycles. The average molecular weight is 447 g/mol. The molecule has 0 fully saturated rings. The smallest absolute Gasteiger partial charge is 0.269 e. The van der Waals surface area contributed by atoms with Crippen LogP contribution in [0.2, 0.25) is 0 Å². The van der Waals surface area contributed by atoms with E-state index >= 15 is 0 Å². The summed E-state index contributed by atoms with van der Waals surface area (Å²) in [7, 11) is 0. The molecule has 2 nitrogen and oxygen atoms in total. The second-order valence-corrected chi connectivity index (χ2v) is 8.92. The number of hydrogen-bond acceptors (Lipinski definition) is 2. The summed E-state index contributed by atoms with van der Waals surface area (Å²) < 4.78 is 28.3. The second kappa shape index (κ2) is 14.8. The van der Waals surface area contributed by atoms with Gasteiger partial charge in [-0.05, 0) is 63.0 Å². The summed E-state index contributed by atoms with van der Waals surface area (Å²) >= 11 is 0. The van der Waals surface area contributed by atoms with Crippen molar-refractivity contribution >= 4 is 5.71 Å². The number of aliphatic imine (C=N–C) groups is 1. The minimum Gasteiger partial charge on any atom is -0.405 e. The van der Waals surface area contributed by atoms with Gasteiger partial charge in [-0.15, -0.1) is 0 Å². The lowest BCUT2D eigenvalue weighted by Crippen LogP contribution is -2.28. The Morgan fingerprint density at radius 3 is 2.16 bits per heavy atom. The zero-order valence-corrected chi connectivity index (χ0v) is 21.4. The number of nitrogens with zero attached hydrogens (tertiary/aromatic N) is 1. The maximum Gasteiger partial charge on any atom is 0.269 e. The van der Waals surface area contributed by atoms with Crippen LogP contribution in [0.4, 0.5) is 8.78 Å². The zero-order valence-electron chi connectivity index (χ0n) is 21.4. The highest BCUT2D eigenvalue weighted by Gasteiger charge is 2.33. The molecule has 0 aliphatic rings. The molecule has 0 saturated heterocycles. The van der Waals surface area contributed by atoms with Crippen LogP contribution < -0.4 is 5.73 Å². The van der Waals surface area contributed by atoms with Crippen molar-refractivity contribution in [3.8, 4) is 0 Å². The van der Waals surface area contributed by atoms with Gasteiger partial charge in [0.25, 0.3) is 5.92 Å². The van der Waals surface area contributed by atoms with E-state index in [4.69, 9.17) is 5.73 Å². The fraction of sp³-hybridized carbons (Fsp3) is 0.536. The third-order valence-electron chi connectivity index (χ3n) is 5.42. The Morgan fingerprint density at radius 1 is 1.09 bits per heavy atom. The molecule has 0 saturated carbocycles. The highest BCUT2D eigenvalue weighted by atomic mass is 19.3. The van der Waals surface area contributed by atoms with Crippen LogP contribution in [0.25, 0.3) is 0 Å². The van der Waals surface area contributed by atoms with Gasteiger partial charge in [-0.1, -0.05) is 82.7 Å². The van der Waals surface area contributed by atoms with E-state index < -0.39 is 18.4 Å². The van der Waals surface area contributed by atoms with E-state index in [-0.39, 0.29) is 5.92 Å². The summed E-state index contributed by atoms with van der Waals surface area (Å²) in [4.78, 5) is 4.28. The molecule has 32 heavy (non-hydrogen) atoms. The molecule has 0 spiro atoms. The van der Waals surface area contributed by atoms with Crippen LogP contribution in [0.15, 0.2) is 76.5 Å². The highest BCUT2D eigenvalue weighted by molar-refractivity contribution is 5.98. The van der Waals surface area contributed by atoms with Crippen molar-refractivity contribution in [2.24, 2.45) is 28.5 Å². The molecular formula is C28H44F2N2. The van der Waals surface area contributed by atoms with Crippen LogP contribution in [0.5, 0.6) is 0 Å². The summed E-state index contributed by atoms with van der Waals surface area (Å²) in [5.41, 5.74) is 10.8. The van der Waals surface area contributed by atoms with Crippen molar-refractivity contribution in [1.29, 1.82) is 0 Å². The fourth-order valence-corrected chi connectivity index (χ4v) is 3.24. The van der Waals surface area contributed by atoms with Crippen LogP contribution >= 0.6 is 0 Å². The standard InChI is InChI=1S/C28H44F2N2/c1-10-12-13-25(15-14-24(11-2)26(21(5)6)18-20(3)4)23(9)27(16-17-31)32-19-28(29,30)22(7)8/h10-13,16-18,20,22-23H,5,14-15,19,31H2,1-4,6-9H3/b12-10-,17-16?,24-11-,25-13-,26-18-,32-27?. The number of halogens is 2. The first-order chi connectivity index (χ1) is 14.9. The maximum absolute atomic E-state index is 14.2. The van der Waals surface area contributed by atoms with Gasteiger partial charge in [-0.25, -0.2) is 8.78 Å². The molecule has 0 aromatic carbocycles. The number of hydrogen-bond donors (Lipinski definition) is 1. The molecule has 0 aromatic rings. The second-order valence-electron chi connectivity index (χ2n) is 8.92. The largest absolute Gasteiger partial charge is 0.405 e. The monoisotopic (exact) mass is 446 g/mol. The molecule has 1 unspecified atom stereocenters. The Kier molecular flexibility index (Phi) is 13.7. The maximum atomic E-state index is 14.2. The first-order valence-electron chi connectivity index (χ1n) is 11.6. The molecule has 2 N–H and O–H groups in total. The normalized spacial score (nSPS) is 16.1. The first-order valence-corrected chi connectivity index (χ1v) is 11.6. The number of allylic oxidation sites excluding steroid dienone is 10. The van der Waals surface area contributed by atoms with Crippen molar-refractivity contribution in [2.75, 3.05) is 6.54 Å². The summed E-state index contributed by atoms with van der Waals surface area (Å²) in [6.07, 6.45) is 15.0. The average Bonchev–Trinajstić information content (AvgIpc) is 2.71. The van der Waals surface area contributed by atoms with E-state index in [1.807, 2.05) is 39.8 Å². The predicted molar refractivity (Wildman–Crippen MR) is 138 cm³/mol. The lowest BCUT2D eigenvalue weighted by Gasteiger charge is -2.21. The van der Waals surface area contributed by atoms with Gasteiger partial charge in [0, 0.05) is 17.5 Å². The minimum atomic E-state index is -2.85. The third kappa shape index (κ3) is 10.4. The van der Waals surface area contributed by atoms with Crippen LogP contribution in [-0.4, -0.2) is 18.2 Å². The van der Waals surface area contributed by atoms with Gasteiger partial charge in [-0.3, -0.25) is 4.99 Å². The van der Waals surface area contributed by atoms with E-state index in [1.165, 1.54) is 31.2 Å². The van der Waals surface area contributed by atoms with Crippen LogP contribution in [0.1, 0.15) is 68.2 Å². The molecule has 1 atom stereocenters. The van der Waals surface area contributed by atoms with Gasteiger partial charge >= 0.3 is 0 Å². The van der Waals surface area contributed by atoms with Crippen molar-refractivity contribution in [1.82, 2.24) is 0 Å². The molecule has 0 aliphatic heterocycles. The van der Waals surface area contributed by atoms with E-state index in [2.05, 4.69) is 43.6 Å². The van der Waals surface area contributed by atoms with Gasteiger partial charge in [0.15, 0.2) is 0 Å². The SMILES string of the molecule is C=C(C)C(=C/C(C)C)/C(=C\C)CC/C(=C/C=C\C)C(C)C(C=CN)=NCC(F)(F)C(C)C. The molecular weight excluding hydrogens is 402 g/mol. The quantitative estimate of drug-likeness (QED) is 0.225. The minimum absolute atomic E-state index is 0.130. The number of nitrogens with two attached hydrogens (primary N) is 1. The topological polar surface area (TPSA) is 38.4 Å². The van der Waals surface area contributed by atoms with Crippen LogP contribution in [0.3, 0.4) is 0 Å². The molecule has 0 aromatic heterocycles. The van der Waals surface area contributed by atoms with Crippen molar-refractivity contribution in [2.45, 2.75) is 74.2 Å². The predicted octanol–water partition coefficient (Wildman–Crippen LogP) is 8.21. The van der Waals surface area contributed by atoms with Gasteiger partial charge < -0.3 is 5.73 Å². The lowest BCUT2D eigenvalue weighted by molar-refractivity contribution is -0.0344. The molecule has 0 heterocycles. The Morgan fingerprint density at radius 2 is 1.72 bits per heavy atom. The van der Waals surface area contributed by atoms with E-state index in [1.54, 1.807) is 6.08 Å². The summed E-state index contributed by atoms with van der Waals surface area (Å²) in [6.45, 7) is 19.0. The molecule has 0 rings (SSSR count). The third-order valence-corrected chi connectivity index (χ3v) is 5.42. The van der Waals surface area contributed by atoms with Gasteiger partial charge in [-0.2, -0.15) is 0 Å². The van der Waals surface area contributed by atoms with Crippen molar-refractivity contribution in [3.63, 3.8) is 0 Å². The van der Waals surface area contributed by atoms with Gasteiger partial charge in [0.1, 0.15) is 6.54 Å². The highest BCUT2D eigenvalue weighted by Crippen LogP contribution is 2.29. The Labute approximate surface area is 195 Å². The molecule has 0 radical (unpaired) electrons. The zero-order chi connectivity index (χ0) is 24.9. The molecule has 180 valence electrons. The van der Waals surface area contributed by atoms with Gasteiger partial charge in [0.05, 0.1) is 0 Å². The lowest BCUT2D eigenvalue weighted by atomic mass is 9.87. The molecule has 4 heteroatoms. The molecule has 0 amide bonds. The summed E-state index contributed by atoms with van der Waals surface area (Å²) in [5, 5.41) is 0. The Bertz CT molecular complexity index is 775. The van der Waals surface area contributed by atoms with Crippen LogP contribution in [-0.2, 0) is 0 Å². The number of rotatable bonds is 13. The molecule has 0 bridgehead atoms. The van der Waals surface area contributed by atoms with Crippen LogP contribution in [0, 0.1) is 17.8 Å². The van der Waals surface area contributed by atoms with Crippen molar-refractivity contribution in [3.05, 3.63) is 71.5 Å². The van der Waals surface area contributed by atoms with E-state index in [9.17, 15) is 8.78 Å². The van der Waals surface area contributed by atoms with E-state index in [0.717, 1.165) is 24.0 Å². The van der Waals surface area contributed by atoms with E-state index in [0.29, 0.717) is 11.6 Å². The summed E-state index contributed by atoms with van der Waals surface area (Å²) in [6, 6.07) is 0.